The van der Waals surface area contributed by atoms with Crippen molar-refractivity contribution in [2.75, 3.05) is 19.6 Å². The Hall–Kier alpha value is -0.340. The molecule has 1 aliphatic carbocycles. The third-order valence-electron chi connectivity index (χ3n) is 3.11. The molecule has 0 amide bonds. The van der Waals surface area contributed by atoms with Crippen LogP contribution in [0.5, 0.6) is 0 Å². The molecule has 1 saturated carbocycles. The topological polar surface area (TPSA) is 15.3 Å². The zero-order valence-corrected chi connectivity index (χ0v) is 11.4. The van der Waals surface area contributed by atoms with E-state index in [1.54, 1.807) is 0 Å². The van der Waals surface area contributed by atoms with E-state index in [9.17, 15) is 0 Å². The molecule has 1 N–H and O–H groups in total. The molecule has 16 heavy (non-hydrogen) atoms. The van der Waals surface area contributed by atoms with Crippen LogP contribution in [-0.4, -0.2) is 36.6 Å². The summed E-state index contributed by atoms with van der Waals surface area (Å²) in [7, 11) is 0. The van der Waals surface area contributed by atoms with Gasteiger partial charge in [0.05, 0.1) is 0 Å². The van der Waals surface area contributed by atoms with Crippen molar-refractivity contribution in [3.8, 4) is 0 Å². The van der Waals surface area contributed by atoms with Crippen LogP contribution in [0.3, 0.4) is 0 Å². The zero-order chi connectivity index (χ0) is 12.1. The molecule has 0 aliphatic heterocycles. The summed E-state index contributed by atoms with van der Waals surface area (Å²) in [6, 6.07) is 1.18. The van der Waals surface area contributed by atoms with Gasteiger partial charge in [-0.05, 0) is 38.2 Å². The van der Waals surface area contributed by atoms with Crippen LogP contribution in [0.15, 0.2) is 12.2 Å². The molecule has 0 saturated heterocycles. The summed E-state index contributed by atoms with van der Waals surface area (Å²) in [5.41, 5.74) is 1.31. The summed E-state index contributed by atoms with van der Waals surface area (Å²) in [5.74, 6) is 0.966. The molecule has 1 fully saturated rings. The van der Waals surface area contributed by atoms with E-state index in [2.05, 4.69) is 44.5 Å². The molecule has 2 heteroatoms. The molecule has 1 rings (SSSR count). The number of rotatable bonds is 8. The highest BCUT2D eigenvalue weighted by molar-refractivity contribution is 5.01. The van der Waals surface area contributed by atoms with Crippen molar-refractivity contribution in [3.05, 3.63) is 12.2 Å². The summed E-state index contributed by atoms with van der Waals surface area (Å²) >= 11 is 0. The largest absolute Gasteiger partial charge is 0.311 e. The fourth-order valence-electron chi connectivity index (χ4n) is 1.78. The van der Waals surface area contributed by atoms with E-state index in [0.29, 0.717) is 12.1 Å². The van der Waals surface area contributed by atoms with Crippen molar-refractivity contribution in [1.82, 2.24) is 10.2 Å². The minimum atomic E-state index is 0.549. The van der Waals surface area contributed by atoms with Gasteiger partial charge in [0, 0.05) is 31.7 Å². The summed E-state index contributed by atoms with van der Waals surface area (Å²) in [5, 5.41) is 3.43. The molecular formula is C14H28N2. The molecule has 0 unspecified atom stereocenters. The molecule has 0 bridgehead atoms. The van der Waals surface area contributed by atoms with Gasteiger partial charge >= 0.3 is 0 Å². The monoisotopic (exact) mass is 224 g/mol. The quantitative estimate of drug-likeness (QED) is 0.638. The molecule has 2 nitrogen and oxygen atoms in total. The van der Waals surface area contributed by atoms with Crippen LogP contribution in [0.4, 0.5) is 0 Å². The summed E-state index contributed by atoms with van der Waals surface area (Å²) < 4.78 is 0. The Balaban J connectivity index is 2.26. The van der Waals surface area contributed by atoms with E-state index in [0.717, 1.165) is 19.0 Å². The second-order valence-electron chi connectivity index (χ2n) is 5.75. The average Bonchev–Trinajstić information content (AvgIpc) is 2.97. The Morgan fingerprint density at radius 2 is 1.94 bits per heavy atom. The minimum Gasteiger partial charge on any atom is -0.311 e. The van der Waals surface area contributed by atoms with Gasteiger partial charge < -0.3 is 5.32 Å². The number of nitrogens with one attached hydrogen (secondary N) is 1. The first kappa shape index (κ1) is 13.7. The van der Waals surface area contributed by atoms with Crippen molar-refractivity contribution in [2.24, 2.45) is 5.92 Å². The van der Waals surface area contributed by atoms with E-state index in [1.165, 1.54) is 25.0 Å². The molecule has 0 aromatic carbocycles. The lowest BCUT2D eigenvalue weighted by atomic mass is 10.2. The first-order valence-electron chi connectivity index (χ1n) is 6.63. The van der Waals surface area contributed by atoms with Gasteiger partial charge in [0.15, 0.2) is 0 Å². The maximum absolute atomic E-state index is 4.17. The second-order valence-corrected chi connectivity index (χ2v) is 5.75. The highest BCUT2D eigenvalue weighted by atomic mass is 15.2. The fraction of sp³-hybridized carbons (Fsp3) is 0.857. The summed E-state index contributed by atoms with van der Waals surface area (Å²) in [4.78, 5) is 2.56. The third kappa shape index (κ3) is 5.66. The third-order valence-corrected chi connectivity index (χ3v) is 3.11. The average molecular weight is 224 g/mol. The lowest BCUT2D eigenvalue weighted by Crippen LogP contribution is -2.36. The van der Waals surface area contributed by atoms with Gasteiger partial charge in [0.25, 0.3) is 0 Å². The Labute approximate surface area is 101 Å². The fourth-order valence-corrected chi connectivity index (χ4v) is 1.78. The van der Waals surface area contributed by atoms with Gasteiger partial charge in [-0.1, -0.05) is 20.4 Å². The van der Waals surface area contributed by atoms with Gasteiger partial charge in [-0.15, -0.1) is 0 Å². The Morgan fingerprint density at radius 3 is 2.38 bits per heavy atom. The molecule has 0 aromatic heterocycles. The molecule has 0 radical (unpaired) electrons. The van der Waals surface area contributed by atoms with E-state index < -0.39 is 0 Å². The smallest absolute Gasteiger partial charge is 0.0205 e. The maximum Gasteiger partial charge on any atom is 0.0205 e. The second kappa shape index (κ2) is 6.41. The van der Waals surface area contributed by atoms with Gasteiger partial charge in [-0.3, -0.25) is 4.90 Å². The minimum absolute atomic E-state index is 0.549. The predicted molar refractivity (Wildman–Crippen MR) is 71.7 cm³/mol. The Morgan fingerprint density at radius 1 is 1.31 bits per heavy atom. The first-order valence-corrected chi connectivity index (χ1v) is 6.63. The van der Waals surface area contributed by atoms with E-state index >= 15 is 0 Å². The standard InChI is InChI=1S/C14H28N2/c1-11(2)15-8-13(5)9-16(12(3)4)10-14-6-7-14/h11-12,14-15H,5-10H2,1-4H3. The van der Waals surface area contributed by atoms with E-state index in [-0.39, 0.29) is 0 Å². The van der Waals surface area contributed by atoms with Crippen LogP contribution < -0.4 is 5.32 Å². The number of nitrogens with zero attached hydrogens (tertiary/aromatic N) is 1. The van der Waals surface area contributed by atoms with Crippen LogP contribution in [0.2, 0.25) is 0 Å². The predicted octanol–water partition coefficient (Wildman–Crippen LogP) is 2.66. The summed E-state index contributed by atoms with van der Waals surface area (Å²) in [6.45, 7) is 16.4. The Kier molecular flexibility index (Phi) is 5.50. The lowest BCUT2D eigenvalue weighted by Gasteiger charge is -2.27. The van der Waals surface area contributed by atoms with Crippen molar-refractivity contribution in [2.45, 2.75) is 52.6 Å². The lowest BCUT2D eigenvalue weighted by molar-refractivity contribution is 0.229. The molecule has 1 aliphatic rings. The normalized spacial score (nSPS) is 16.4. The number of hydrogen-bond donors (Lipinski definition) is 1. The van der Waals surface area contributed by atoms with Crippen molar-refractivity contribution in [1.29, 1.82) is 0 Å². The maximum atomic E-state index is 4.17. The van der Waals surface area contributed by atoms with Crippen LogP contribution in [0, 0.1) is 5.92 Å². The van der Waals surface area contributed by atoms with E-state index in [4.69, 9.17) is 0 Å². The molecular weight excluding hydrogens is 196 g/mol. The van der Waals surface area contributed by atoms with Crippen molar-refractivity contribution < 1.29 is 0 Å². The first-order chi connectivity index (χ1) is 7.49. The zero-order valence-electron chi connectivity index (χ0n) is 11.4. The van der Waals surface area contributed by atoms with Crippen LogP contribution in [-0.2, 0) is 0 Å². The van der Waals surface area contributed by atoms with Crippen LogP contribution in [0.25, 0.3) is 0 Å². The highest BCUT2D eigenvalue weighted by Crippen LogP contribution is 2.30. The molecule has 0 spiro atoms. The van der Waals surface area contributed by atoms with Crippen molar-refractivity contribution in [3.63, 3.8) is 0 Å². The van der Waals surface area contributed by atoms with Crippen LogP contribution in [0.1, 0.15) is 40.5 Å². The van der Waals surface area contributed by atoms with E-state index in [1.807, 2.05) is 0 Å². The molecule has 94 valence electrons. The molecule has 0 atom stereocenters. The highest BCUT2D eigenvalue weighted by Gasteiger charge is 2.25. The molecule has 0 aromatic rings. The van der Waals surface area contributed by atoms with Gasteiger partial charge in [0.2, 0.25) is 0 Å². The SMILES string of the molecule is C=C(CNC(C)C)CN(CC1CC1)C(C)C. The van der Waals surface area contributed by atoms with Crippen molar-refractivity contribution >= 4 is 0 Å². The van der Waals surface area contributed by atoms with Gasteiger partial charge in [-0.25, -0.2) is 0 Å². The Bertz CT molecular complexity index is 217. The van der Waals surface area contributed by atoms with Gasteiger partial charge in [0.1, 0.15) is 0 Å². The summed E-state index contributed by atoms with van der Waals surface area (Å²) in [6.07, 6.45) is 2.86. The molecule has 0 heterocycles. The van der Waals surface area contributed by atoms with Crippen LogP contribution >= 0.6 is 0 Å². The van der Waals surface area contributed by atoms with Gasteiger partial charge in [-0.2, -0.15) is 0 Å². The number of hydrogen-bond acceptors (Lipinski definition) is 2.